The van der Waals surface area contributed by atoms with Gasteiger partial charge in [0.25, 0.3) is 0 Å². The third kappa shape index (κ3) is 2.49. The molecular formula is C18H19NS. The zero-order chi connectivity index (χ0) is 14.2. The topological polar surface area (TPSA) is 26.0 Å². The summed E-state index contributed by atoms with van der Waals surface area (Å²) in [6.07, 6.45) is 0.861. The van der Waals surface area contributed by atoms with Crippen LogP contribution >= 0.6 is 11.3 Å². The summed E-state index contributed by atoms with van der Waals surface area (Å²) in [5, 5.41) is 3.57. The molecule has 0 radical (unpaired) electrons. The van der Waals surface area contributed by atoms with Crippen LogP contribution in [0.4, 0.5) is 0 Å². The molecule has 102 valence electrons. The Morgan fingerprint density at radius 2 is 1.75 bits per heavy atom. The number of benzene rings is 2. The first-order valence-corrected chi connectivity index (χ1v) is 7.75. The number of thiophene rings is 1. The second-order valence-corrected chi connectivity index (χ2v) is 6.63. The van der Waals surface area contributed by atoms with E-state index in [0.29, 0.717) is 0 Å². The molecule has 1 unspecified atom stereocenters. The predicted molar refractivity (Wildman–Crippen MR) is 88.2 cm³/mol. The van der Waals surface area contributed by atoms with Crippen LogP contribution < -0.4 is 5.73 Å². The van der Waals surface area contributed by atoms with Crippen molar-refractivity contribution in [3.05, 3.63) is 70.6 Å². The molecule has 1 atom stereocenters. The van der Waals surface area contributed by atoms with Crippen LogP contribution in [0.25, 0.3) is 10.1 Å². The van der Waals surface area contributed by atoms with Gasteiger partial charge in [0.1, 0.15) is 0 Å². The minimum absolute atomic E-state index is 0.336. The largest absolute Gasteiger partial charge is 0.321 e. The molecule has 1 heterocycles. The highest BCUT2D eigenvalue weighted by molar-refractivity contribution is 7.17. The Bertz CT molecular complexity index is 723. The van der Waals surface area contributed by atoms with E-state index in [4.69, 9.17) is 5.73 Å². The van der Waals surface area contributed by atoms with Crippen molar-refractivity contribution in [1.82, 2.24) is 0 Å². The van der Waals surface area contributed by atoms with E-state index in [1.54, 1.807) is 11.3 Å². The molecule has 0 amide bonds. The minimum Gasteiger partial charge on any atom is -0.321 e. The average molecular weight is 281 g/mol. The normalized spacial score (nSPS) is 14.3. The summed E-state index contributed by atoms with van der Waals surface area (Å²) in [5.41, 5.74) is 10.0. The molecule has 0 spiro atoms. The van der Waals surface area contributed by atoms with Crippen molar-refractivity contribution in [2.24, 2.45) is 5.73 Å². The lowest BCUT2D eigenvalue weighted by Gasteiger charge is -2.25. The maximum atomic E-state index is 6.57. The number of hydrogen-bond donors (Lipinski definition) is 1. The zero-order valence-electron chi connectivity index (χ0n) is 11.9. The molecule has 3 aromatic rings. The Morgan fingerprint density at radius 1 is 1.05 bits per heavy atom. The molecule has 0 fully saturated rings. The minimum atomic E-state index is -0.336. The summed E-state index contributed by atoms with van der Waals surface area (Å²) < 4.78 is 1.34. The van der Waals surface area contributed by atoms with E-state index in [1.165, 1.54) is 26.8 Å². The molecular weight excluding hydrogens is 262 g/mol. The van der Waals surface area contributed by atoms with Gasteiger partial charge in [-0.1, -0.05) is 48.0 Å². The van der Waals surface area contributed by atoms with E-state index in [1.807, 2.05) is 0 Å². The molecule has 0 saturated carbocycles. The van der Waals surface area contributed by atoms with Crippen molar-refractivity contribution < 1.29 is 0 Å². The van der Waals surface area contributed by atoms with E-state index in [9.17, 15) is 0 Å². The fourth-order valence-corrected chi connectivity index (χ4v) is 3.56. The number of nitrogens with two attached hydrogens (primary N) is 1. The van der Waals surface area contributed by atoms with Crippen molar-refractivity contribution in [3.63, 3.8) is 0 Å². The molecule has 3 rings (SSSR count). The van der Waals surface area contributed by atoms with Gasteiger partial charge in [0.2, 0.25) is 0 Å². The first-order chi connectivity index (χ1) is 9.56. The van der Waals surface area contributed by atoms with E-state index >= 15 is 0 Å². The van der Waals surface area contributed by atoms with Gasteiger partial charge in [-0.25, -0.2) is 0 Å². The molecule has 0 saturated heterocycles. The highest BCUT2D eigenvalue weighted by atomic mass is 32.1. The molecule has 0 aliphatic rings. The van der Waals surface area contributed by atoms with Gasteiger partial charge in [0.15, 0.2) is 0 Å². The first-order valence-electron chi connectivity index (χ1n) is 6.87. The van der Waals surface area contributed by atoms with Gasteiger partial charge in [-0.3, -0.25) is 0 Å². The Balaban J connectivity index is 1.94. The van der Waals surface area contributed by atoms with Crippen LogP contribution in [0.5, 0.6) is 0 Å². The Hall–Kier alpha value is -1.64. The standard InChI is InChI=1S/C18H19NS/c1-13-7-9-15(10-8-13)18(2,19)11-14-12-20-17-6-4-3-5-16(14)17/h3-10,12H,11,19H2,1-2H3. The van der Waals surface area contributed by atoms with Crippen molar-refractivity contribution in [3.8, 4) is 0 Å². The fourth-order valence-electron chi connectivity index (χ4n) is 2.60. The van der Waals surface area contributed by atoms with Gasteiger partial charge in [-0.05, 0) is 48.2 Å². The molecule has 0 bridgehead atoms. The van der Waals surface area contributed by atoms with Crippen LogP contribution in [-0.2, 0) is 12.0 Å². The lowest BCUT2D eigenvalue weighted by atomic mass is 9.86. The van der Waals surface area contributed by atoms with Crippen molar-refractivity contribution >= 4 is 21.4 Å². The van der Waals surface area contributed by atoms with Crippen molar-refractivity contribution in [1.29, 1.82) is 0 Å². The average Bonchev–Trinajstić information content (AvgIpc) is 2.82. The predicted octanol–water partition coefficient (Wildman–Crippen LogP) is 4.63. The summed E-state index contributed by atoms with van der Waals surface area (Å²) in [6, 6.07) is 17.1. The highest BCUT2D eigenvalue weighted by Crippen LogP contribution is 2.31. The molecule has 0 aliphatic carbocycles. The van der Waals surface area contributed by atoms with E-state index in [0.717, 1.165) is 6.42 Å². The summed E-state index contributed by atoms with van der Waals surface area (Å²) in [6.45, 7) is 4.22. The first kappa shape index (κ1) is 13.3. The number of aryl methyl sites for hydroxylation is 1. The van der Waals surface area contributed by atoms with Gasteiger partial charge < -0.3 is 5.73 Å². The summed E-state index contributed by atoms with van der Waals surface area (Å²) in [5.74, 6) is 0. The monoisotopic (exact) mass is 281 g/mol. The summed E-state index contributed by atoms with van der Waals surface area (Å²) >= 11 is 1.80. The number of fused-ring (bicyclic) bond motifs is 1. The second-order valence-electron chi connectivity index (χ2n) is 5.72. The molecule has 2 N–H and O–H groups in total. The number of hydrogen-bond acceptors (Lipinski definition) is 2. The zero-order valence-corrected chi connectivity index (χ0v) is 12.7. The van der Waals surface area contributed by atoms with Crippen molar-refractivity contribution in [2.45, 2.75) is 25.8 Å². The van der Waals surface area contributed by atoms with E-state index < -0.39 is 0 Å². The van der Waals surface area contributed by atoms with Gasteiger partial charge >= 0.3 is 0 Å². The maximum absolute atomic E-state index is 6.57. The third-order valence-electron chi connectivity index (χ3n) is 3.83. The van der Waals surface area contributed by atoms with Gasteiger partial charge in [0, 0.05) is 10.2 Å². The molecule has 2 aromatic carbocycles. The van der Waals surface area contributed by atoms with Gasteiger partial charge in [-0.15, -0.1) is 11.3 Å². The third-order valence-corrected chi connectivity index (χ3v) is 4.84. The molecule has 2 heteroatoms. The fraction of sp³-hybridized carbons (Fsp3) is 0.222. The smallest absolute Gasteiger partial charge is 0.0422 e. The van der Waals surface area contributed by atoms with Gasteiger partial charge in [-0.2, -0.15) is 0 Å². The Kier molecular flexibility index (Phi) is 3.36. The molecule has 0 aliphatic heterocycles. The van der Waals surface area contributed by atoms with E-state index in [2.05, 4.69) is 67.8 Å². The van der Waals surface area contributed by atoms with Crippen molar-refractivity contribution in [2.75, 3.05) is 0 Å². The van der Waals surface area contributed by atoms with Crippen LogP contribution in [0.3, 0.4) is 0 Å². The lowest BCUT2D eigenvalue weighted by Crippen LogP contribution is -2.35. The summed E-state index contributed by atoms with van der Waals surface area (Å²) in [4.78, 5) is 0. The van der Waals surface area contributed by atoms with Crippen LogP contribution in [0, 0.1) is 6.92 Å². The van der Waals surface area contributed by atoms with Crippen LogP contribution in [-0.4, -0.2) is 0 Å². The van der Waals surface area contributed by atoms with E-state index in [-0.39, 0.29) is 5.54 Å². The molecule has 1 aromatic heterocycles. The molecule has 20 heavy (non-hydrogen) atoms. The molecule has 1 nitrogen and oxygen atoms in total. The Morgan fingerprint density at radius 3 is 2.50 bits per heavy atom. The van der Waals surface area contributed by atoms with Crippen LogP contribution in [0.2, 0.25) is 0 Å². The van der Waals surface area contributed by atoms with Crippen LogP contribution in [0.15, 0.2) is 53.9 Å². The van der Waals surface area contributed by atoms with Crippen LogP contribution in [0.1, 0.15) is 23.6 Å². The highest BCUT2D eigenvalue weighted by Gasteiger charge is 2.23. The summed E-state index contributed by atoms with van der Waals surface area (Å²) in [7, 11) is 0. The second kappa shape index (κ2) is 5.04. The van der Waals surface area contributed by atoms with Gasteiger partial charge in [0.05, 0.1) is 0 Å². The maximum Gasteiger partial charge on any atom is 0.0422 e. The SMILES string of the molecule is Cc1ccc(C(C)(N)Cc2csc3ccccc23)cc1. The lowest BCUT2D eigenvalue weighted by molar-refractivity contribution is 0.493. The Labute approximate surface area is 124 Å². The quantitative estimate of drug-likeness (QED) is 0.744. The number of rotatable bonds is 3.